The van der Waals surface area contributed by atoms with Crippen molar-refractivity contribution in [3.63, 3.8) is 0 Å². The molecule has 5 nitrogen and oxygen atoms in total. The molecule has 124 valence electrons. The second-order valence-corrected chi connectivity index (χ2v) is 7.38. The maximum absolute atomic E-state index is 12.9. The molecule has 1 unspecified atom stereocenters. The minimum atomic E-state index is -1.25. The molecule has 2 heterocycles. The van der Waals surface area contributed by atoms with Gasteiger partial charge in [0.2, 0.25) is 11.8 Å². The molecule has 3 aromatic rings. The van der Waals surface area contributed by atoms with E-state index in [4.69, 9.17) is 0 Å². The lowest BCUT2D eigenvalue weighted by Crippen LogP contribution is -2.49. The number of rotatable bonds is 2. The predicted molar refractivity (Wildman–Crippen MR) is 99.7 cm³/mol. The molecule has 1 aromatic heterocycles. The number of para-hydroxylation sites is 1. The smallest absolute Gasteiger partial charge is 0.250 e. The molecule has 0 bridgehead atoms. The van der Waals surface area contributed by atoms with Crippen LogP contribution < -0.4 is 10.6 Å². The Hall–Kier alpha value is -2.86. The van der Waals surface area contributed by atoms with Gasteiger partial charge in [0.05, 0.1) is 16.9 Å². The fourth-order valence-electron chi connectivity index (χ4n) is 2.77. The predicted octanol–water partition coefficient (Wildman–Crippen LogP) is 3.68. The molecular weight excluding hydrogens is 334 g/mol. The van der Waals surface area contributed by atoms with Crippen molar-refractivity contribution >= 4 is 45.9 Å². The second-order valence-electron chi connectivity index (χ2n) is 5.92. The Morgan fingerprint density at radius 1 is 1.12 bits per heavy atom. The molecular formula is C19H15N3O2S. The first-order chi connectivity index (χ1) is 12.1. The van der Waals surface area contributed by atoms with Crippen LogP contribution in [-0.2, 0) is 9.59 Å². The lowest BCUT2D eigenvalue weighted by Gasteiger charge is -2.31. The summed E-state index contributed by atoms with van der Waals surface area (Å²) in [6.07, 6.45) is 1.70. The minimum Gasteiger partial charge on any atom is -0.324 e. The van der Waals surface area contributed by atoms with Crippen LogP contribution in [-0.4, -0.2) is 21.5 Å². The summed E-state index contributed by atoms with van der Waals surface area (Å²) in [5.41, 5.74) is 2.16. The summed E-state index contributed by atoms with van der Waals surface area (Å²) in [5.74, 6) is -0.687. The average molecular weight is 349 g/mol. The van der Waals surface area contributed by atoms with Crippen molar-refractivity contribution in [2.75, 3.05) is 10.6 Å². The van der Waals surface area contributed by atoms with Gasteiger partial charge in [-0.15, -0.1) is 0 Å². The van der Waals surface area contributed by atoms with Gasteiger partial charge in [0.15, 0.2) is 4.75 Å². The second kappa shape index (κ2) is 5.89. The monoisotopic (exact) mass is 349 g/mol. The Morgan fingerprint density at radius 3 is 2.84 bits per heavy atom. The molecule has 1 atom stereocenters. The molecule has 0 spiro atoms. The first-order valence-corrected chi connectivity index (χ1v) is 8.64. The van der Waals surface area contributed by atoms with Crippen LogP contribution in [0.2, 0.25) is 0 Å². The van der Waals surface area contributed by atoms with Crippen molar-refractivity contribution in [2.45, 2.75) is 16.6 Å². The molecule has 0 aliphatic carbocycles. The zero-order valence-corrected chi connectivity index (χ0v) is 14.3. The standard InChI is InChI=1S/C19H15N3O2S/c1-19(18(24)22-15-7-2-3-10-16(15)25-19)17(23)21-14-9-4-8-13-12(14)6-5-11-20-13/h2-11H,1H3,(H,21,23)(H,22,24). The van der Waals surface area contributed by atoms with Gasteiger partial charge in [-0.05, 0) is 43.3 Å². The number of anilines is 2. The van der Waals surface area contributed by atoms with Gasteiger partial charge in [0, 0.05) is 16.5 Å². The highest BCUT2D eigenvalue weighted by molar-refractivity contribution is 8.02. The van der Waals surface area contributed by atoms with Crippen LogP contribution in [0, 0.1) is 0 Å². The summed E-state index contributed by atoms with van der Waals surface area (Å²) in [4.78, 5) is 30.7. The van der Waals surface area contributed by atoms with E-state index < -0.39 is 4.75 Å². The van der Waals surface area contributed by atoms with Crippen LogP contribution in [0.4, 0.5) is 11.4 Å². The average Bonchev–Trinajstić information content (AvgIpc) is 2.63. The van der Waals surface area contributed by atoms with Crippen LogP contribution in [0.25, 0.3) is 10.9 Å². The van der Waals surface area contributed by atoms with Gasteiger partial charge in [-0.1, -0.05) is 30.0 Å². The van der Waals surface area contributed by atoms with Gasteiger partial charge >= 0.3 is 0 Å². The normalized spacial score (nSPS) is 19.2. The molecule has 4 rings (SSSR count). The number of pyridine rings is 1. The number of fused-ring (bicyclic) bond motifs is 2. The molecule has 2 aromatic carbocycles. The molecule has 1 aliphatic heterocycles. The van der Waals surface area contributed by atoms with Crippen molar-refractivity contribution in [1.82, 2.24) is 4.98 Å². The van der Waals surface area contributed by atoms with Gasteiger partial charge in [0.1, 0.15) is 0 Å². The number of nitrogens with zero attached hydrogens (tertiary/aromatic N) is 1. The maximum Gasteiger partial charge on any atom is 0.250 e. The summed E-state index contributed by atoms with van der Waals surface area (Å²) in [6.45, 7) is 1.64. The Balaban J connectivity index is 1.67. The first-order valence-electron chi connectivity index (χ1n) is 7.83. The van der Waals surface area contributed by atoms with Gasteiger partial charge in [-0.3, -0.25) is 14.6 Å². The van der Waals surface area contributed by atoms with E-state index in [9.17, 15) is 9.59 Å². The zero-order valence-electron chi connectivity index (χ0n) is 13.4. The Bertz CT molecular complexity index is 999. The topological polar surface area (TPSA) is 71.1 Å². The van der Waals surface area contributed by atoms with Crippen LogP contribution in [0.3, 0.4) is 0 Å². The number of carbonyl (C=O) groups excluding carboxylic acids is 2. The molecule has 0 saturated heterocycles. The third-order valence-corrected chi connectivity index (χ3v) is 5.56. The summed E-state index contributed by atoms with van der Waals surface area (Å²) in [5, 5.41) is 6.55. The molecule has 1 aliphatic rings. The number of amides is 2. The van der Waals surface area contributed by atoms with E-state index in [1.807, 2.05) is 54.6 Å². The Morgan fingerprint density at radius 2 is 1.96 bits per heavy atom. The van der Waals surface area contributed by atoms with Crippen molar-refractivity contribution in [2.24, 2.45) is 0 Å². The lowest BCUT2D eigenvalue weighted by molar-refractivity contribution is -0.126. The van der Waals surface area contributed by atoms with Crippen LogP contribution in [0.5, 0.6) is 0 Å². The van der Waals surface area contributed by atoms with Crippen molar-refractivity contribution in [1.29, 1.82) is 0 Å². The molecule has 6 heteroatoms. The third kappa shape index (κ3) is 2.64. The number of thioether (sulfide) groups is 1. The number of aromatic nitrogens is 1. The molecule has 25 heavy (non-hydrogen) atoms. The number of hydrogen-bond donors (Lipinski definition) is 2. The SMILES string of the molecule is CC1(C(=O)Nc2cccc3ncccc23)Sc2ccccc2NC1=O. The van der Waals surface area contributed by atoms with Gasteiger partial charge in [-0.2, -0.15) is 0 Å². The molecule has 0 fully saturated rings. The largest absolute Gasteiger partial charge is 0.324 e. The van der Waals surface area contributed by atoms with Crippen molar-refractivity contribution < 1.29 is 9.59 Å². The summed E-state index contributed by atoms with van der Waals surface area (Å²) < 4.78 is -1.25. The van der Waals surface area contributed by atoms with Crippen LogP contribution in [0.15, 0.2) is 65.7 Å². The Kier molecular flexibility index (Phi) is 3.69. The molecule has 0 radical (unpaired) electrons. The molecule has 0 saturated carbocycles. The van der Waals surface area contributed by atoms with Gasteiger partial charge in [-0.25, -0.2) is 0 Å². The quantitative estimate of drug-likeness (QED) is 0.693. The van der Waals surface area contributed by atoms with Gasteiger partial charge in [0.25, 0.3) is 0 Å². The first kappa shape index (κ1) is 15.7. The fourth-order valence-corrected chi connectivity index (χ4v) is 3.87. The highest BCUT2D eigenvalue weighted by Gasteiger charge is 2.45. The lowest BCUT2D eigenvalue weighted by atomic mass is 10.1. The van der Waals surface area contributed by atoms with E-state index in [2.05, 4.69) is 15.6 Å². The van der Waals surface area contributed by atoms with E-state index in [0.29, 0.717) is 5.69 Å². The van der Waals surface area contributed by atoms with Crippen LogP contribution in [0.1, 0.15) is 6.92 Å². The summed E-state index contributed by atoms with van der Waals surface area (Å²) in [7, 11) is 0. The highest BCUT2D eigenvalue weighted by atomic mass is 32.2. The summed E-state index contributed by atoms with van der Waals surface area (Å²) >= 11 is 1.26. The van der Waals surface area contributed by atoms with E-state index >= 15 is 0 Å². The van der Waals surface area contributed by atoms with E-state index in [1.54, 1.807) is 13.1 Å². The maximum atomic E-state index is 12.9. The highest BCUT2D eigenvalue weighted by Crippen LogP contribution is 2.43. The Labute approximate surface area is 148 Å². The summed E-state index contributed by atoms with van der Waals surface area (Å²) in [6, 6.07) is 16.7. The van der Waals surface area contributed by atoms with E-state index in [0.717, 1.165) is 21.5 Å². The van der Waals surface area contributed by atoms with Crippen molar-refractivity contribution in [3.8, 4) is 0 Å². The number of benzene rings is 2. The number of nitrogens with one attached hydrogen (secondary N) is 2. The number of carbonyl (C=O) groups is 2. The third-order valence-electron chi connectivity index (χ3n) is 4.21. The van der Waals surface area contributed by atoms with E-state index in [1.165, 1.54) is 11.8 Å². The van der Waals surface area contributed by atoms with Crippen molar-refractivity contribution in [3.05, 3.63) is 60.8 Å². The molecule has 2 N–H and O–H groups in total. The number of hydrogen-bond acceptors (Lipinski definition) is 4. The fraction of sp³-hybridized carbons (Fsp3) is 0.105. The van der Waals surface area contributed by atoms with E-state index in [-0.39, 0.29) is 11.8 Å². The minimum absolute atomic E-state index is 0.327. The molecule has 2 amide bonds. The zero-order chi connectivity index (χ0) is 17.4. The van der Waals surface area contributed by atoms with Crippen LogP contribution >= 0.6 is 11.8 Å². The van der Waals surface area contributed by atoms with Gasteiger partial charge < -0.3 is 10.6 Å².